The van der Waals surface area contributed by atoms with Crippen molar-refractivity contribution >= 4 is 23.6 Å². The Kier molecular flexibility index (Phi) is 8.00. The molecule has 0 aliphatic rings. The molecule has 0 bridgehead atoms. The second kappa shape index (κ2) is 10.5. The highest BCUT2D eigenvalue weighted by Gasteiger charge is 2.17. The molecule has 10 heteroatoms. The second-order valence-electron chi connectivity index (χ2n) is 5.75. The minimum atomic E-state index is -0.341. The summed E-state index contributed by atoms with van der Waals surface area (Å²) in [4.78, 5) is 24.9. The molecule has 1 heterocycles. The lowest BCUT2D eigenvalue weighted by atomic mass is 10.3. The summed E-state index contributed by atoms with van der Waals surface area (Å²) in [5.74, 6) is 0.392. The molecule has 2 rings (SSSR count). The van der Waals surface area contributed by atoms with Gasteiger partial charge in [0.1, 0.15) is 18.2 Å². The van der Waals surface area contributed by atoms with Gasteiger partial charge in [-0.3, -0.25) is 14.2 Å². The van der Waals surface area contributed by atoms with E-state index in [-0.39, 0.29) is 36.5 Å². The highest BCUT2D eigenvalue weighted by atomic mass is 32.2. The number of carbonyl (C=O) groups excluding carboxylic acids is 2. The van der Waals surface area contributed by atoms with Crippen molar-refractivity contribution in [3.05, 3.63) is 48.6 Å². The maximum Gasteiger partial charge on any atom is 0.239 e. The van der Waals surface area contributed by atoms with Gasteiger partial charge in [0.25, 0.3) is 0 Å². The molecule has 150 valence electrons. The molecule has 0 saturated heterocycles. The number of hydrogen-bond donors (Lipinski definition) is 1. The molecule has 2 amide bonds. The fourth-order valence-electron chi connectivity index (χ4n) is 2.14. The fourth-order valence-corrected chi connectivity index (χ4v) is 3.05. The van der Waals surface area contributed by atoms with E-state index >= 15 is 0 Å². The number of rotatable bonds is 10. The molecule has 28 heavy (non-hydrogen) atoms. The van der Waals surface area contributed by atoms with Crippen LogP contribution in [0.2, 0.25) is 0 Å². The third-order valence-corrected chi connectivity index (χ3v) is 4.65. The lowest BCUT2D eigenvalue weighted by molar-refractivity contribution is -0.132. The molecule has 0 fully saturated rings. The van der Waals surface area contributed by atoms with Gasteiger partial charge in [-0.15, -0.1) is 16.8 Å². The van der Waals surface area contributed by atoms with Crippen molar-refractivity contribution in [2.24, 2.45) is 0 Å². The summed E-state index contributed by atoms with van der Waals surface area (Å²) in [6, 6.07) is 5.68. The average Bonchev–Trinajstić information content (AvgIpc) is 3.07. The normalized spacial score (nSPS) is 10.4. The summed E-state index contributed by atoms with van der Waals surface area (Å²) in [6.07, 6.45) is 1.69. The van der Waals surface area contributed by atoms with Gasteiger partial charge in [-0.2, -0.15) is 0 Å². The Bertz CT molecular complexity index is 825. The molecule has 1 N–H and O–H groups in total. The van der Waals surface area contributed by atoms with Gasteiger partial charge in [0.05, 0.1) is 12.3 Å². The zero-order valence-electron chi connectivity index (χ0n) is 15.7. The first-order chi connectivity index (χ1) is 13.4. The SMILES string of the molecule is C=CCn1c(COc2ccc(F)cc2)nnc1SCC(=O)N(C)CC(=O)NC. The van der Waals surface area contributed by atoms with Gasteiger partial charge in [-0.1, -0.05) is 17.8 Å². The zero-order chi connectivity index (χ0) is 20.5. The van der Waals surface area contributed by atoms with E-state index in [1.807, 2.05) is 0 Å². The number of thioether (sulfide) groups is 1. The van der Waals surface area contributed by atoms with Crippen molar-refractivity contribution in [3.63, 3.8) is 0 Å². The Morgan fingerprint density at radius 3 is 2.71 bits per heavy atom. The molecule has 8 nitrogen and oxygen atoms in total. The van der Waals surface area contributed by atoms with E-state index in [9.17, 15) is 14.0 Å². The number of aromatic nitrogens is 3. The van der Waals surface area contributed by atoms with Crippen LogP contribution < -0.4 is 10.1 Å². The van der Waals surface area contributed by atoms with E-state index in [1.165, 1.54) is 48.0 Å². The number of nitrogens with one attached hydrogen (secondary N) is 1. The molecule has 0 aliphatic carbocycles. The predicted molar refractivity (Wildman–Crippen MR) is 103 cm³/mol. The van der Waals surface area contributed by atoms with Crippen molar-refractivity contribution in [2.45, 2.75) is 18.3 Å². The van der Waals surface area contributed by atoms with Crippen LogP contribution in [0, 0.1) is 5.82 Å². The van der Waals surface area contributed by atoms with E-state index in [0.29, 0.717) is 23.3 Å². The van der Waals surface area contributed by atoms with Crippen LogP contribution in [0.1, 0.15) is 5.82 Å². The Hall–Kier alpha value is -2.88. The minimum absolute atomic E-state index is 0.00794. The number of amides is 2. The van der Waals surface area contributed by atoms with Crippen LogP contribution in [0.15, 0.2) is 42.1 Å². The number of ether oxygens (including phenoxy) is 1. The third-order valence-electron chi connectivity index (χ3n) is 3.70. The van der Waals surface area contributed by atoms with E-state index in [1.54, 1.807) is 17.7 Å². The van der Waals surface area contributed by atoms with Gasteiger partial charge < -0.3 is 15.0 Å². The predicted octanol–water partition coefficient (Wildman–Crippen LogP) is 1.48. The standard InChI is InChI=1S/C18H22FN5O3S/c1-4-9-24-15(11-27-14-7-5-13(19)6-8-14)21-22-18(24)28-12-17(26)23(3)10-16(25)20-2/h4-8H,1,9-12H2,2-3H3,(H,20,25). The molecule has 0 saturated carbocycles. The van der Waals surface area contributed by atoms with Crippen molar-refractivity contribution in [2.75, 3.05) is 26.4 Å². The molecule has 0 atom stereocenters. The fraction of sp³-hybridized carbons (Fsp3) is 0.333. The lowest BCUT2D eigenvalue weighted by Crippen LogP contribution is -2.37. The number of nitrogens with zero attached hydrogens (tertiary/aromatic N) is 4. The van der Waals surface area contributed by atoms with Crippen LogP contribution in [0.25, 0.3) is 0 Å². The molecule has 1 aromatic carbocycles. The number of carbonyl (C=O) groups is 2. The maximum atomic E-state index is 13.0. The van der Waals surface area contributed by atoms with Crippen LogP contribution in [0.3, 0.4) is 0 Å². The summed E-state index contributed by atoms with van der Waals surface area (Å²) in [6.45, 7) is 4.30. The lowest BCUT2D eigenvalue weighted by Gasteiger charge is -2.15. The quantitative estimate of drug-likeness (QED) is 0.474. The number of hydrogen-bond acceptors (Lipinski definition) is 6. The number of benzene rings is 1. The van der Waals surface area contributed by atoms with Crippen molar-refractivity contribution in [3.8, 4) is 5.75 Å². The summed E-state index contributed by atoms with van der Waals surface area (Å²) in [5.41, 5.74) is 0. The van der Waals surface area contributed by atoms with Gasteiger partial charge in [0, 0.05) is 20.6 Å². The Morgan fingerprint density at radius 1 is 1.36 bits per heavy atom. The van der Waals surface area contributed by atoms with Gasteiger partial charge in [0.2, 0.25) is 11.8 Å². The highest BCUT2D eigenvalue weighted by molar-refractivity contribution is 7.99. The molecule has 1 aromatic heterocycles. The smallest absolute Gasteiger partial charge is 0.239 e. The summed E-state index contributed by atoms with van der Waals surface area (Å²) in [5, 5.41) is 11.2. The first-order valence-electron chi connectivity index (χ1n) is 8.43. The Balaban J connectivity index is 1.98. The van der Waals surface area contributed by atoms with E-state index in [4.69, 9.17) is 4.74 Å². The van der Waals surface area contributed by atoms with Gasteiger partial charge in [-0.05, 0) is 24.3 Å². The van der Waals surface area contributed by atoms with Crippen LogP contribution in [0.5, 0.6) is 5.75 Å². The van der Waals surface area contributed by atoms with Gasteiger partial charge in [-0.25, -0.2) is 4.39 Å². The number of halogens is 1. The first kappa shape index (κ1) is 21.4. The minimum Gasteiger partial charge on any atom is -0.486 e. The monoisotopic (exact) mass is 407 g/mol. The average molecular weight is 407 g/mol. The second-order valence-corrected chi connectivity index (χ2v) is 6.69. The maximum absolute atomic E-state index is 13.0. The highest BCUT2D eigenvalue weighted by Crippen LogP contribution is 2.19. The molecular weight excluding hydrogens is 385 g/mol. The van der Waals surface area contributed by atoms with Gasteiger partial charge in [0.15, 0.2) is 11.0 Å². The third kappa shape index (κ3) is 6.08. The molecule has 2 aromatic rings. The van der Waals surface area contributed by atoms with Crippen molar-refractivity contribution in [1.29, 1.82) is 0 Å². The molecule has 0 spiro atoms. The number of allylic oxidation sites excluding steroid dienone is 1. The first-order valence-corrected chi connectivity index (χ1v) is 9.41. The van der Waals surface area contributed by atoms with E-state index < -0.39 is 0 Å². The number of likely N-dealkylation sites (N-methyl/N-ethyl adjacent to an activating group) is 2. The van der Waals surface area contributed by atoms with Crippen LogP contribution in [-0.2, 0) is 22.7 Å². The summed E-state index contributed by atoms with van der Waals surface area (Å²) >= 11 is 1.22. The largest absolute Gasteiger partial charge is 0.486 e. The van der Waals surface area contributed by atoms with Crippen LogP contribution in [0.4, 0.5) is 4.39 Å². The molecule has 0 radical (unpaired) electrons. The Morgan fingerprint density at radius 2 is 2.07 bits per heavy atom. The Labute approximate surface area is 166 Å². The van der Waals surface area contributed by atoms with E-state index in [2.05, 4.69) is 22.1 Å². The summed E-state index contributed by atoms with van der Waals surface area (Å²) in [7, 11) is 3.08. The van der Waals surface area contributed by atoms with Crippen LogP contribution >= 0.6 is 11.8 Å². The molecule has 0 aliphatic heterocycles. The van der Waals surface area contributed by atoms with Gasteiger partial charge >= 0.3 is 0 Å². The zero-order valence-corrected chi connectivity index (χ0v) is 16.5. The van der Waals surface area contributed by atoms with Crippen molar-refractivity contribution < 1.29 is 18.7 Å². The molecular formula is C18H22FN5O3S. The van der Waals surface area contributed by atoms with Crippen LogP contribution in [-0.4, -0.2) is 57.9 Å². The van der Waals surface area contributed by atoms with E-state index in [0.717, 1.165) is 0 Å². The topological polar surface area (TPSA) is 89.3 Å². The molecule has 0 unspecified atom stereocenters. The summed E-state index contributed by atoms with van der Waals surface area (Å²) < 4.78 is 20.4. The van der Waals surface area contributed by atoms with Crippen molar-refractivity contribution in [1.82, 2.24) is 25.0 Å².